The van der Waals surface area contributed by atoms with Crippen molar-refractivity contribution in [1.29, 1.82) is 0 Å². The first kappa shape index (κ1) is 13.6. The Labute approximate surface area is 124 Å². The molecule has 0 unspecified atom stereocenters. The lowest BCUT2D eigenvalue weighted by atomic mass is 10.2. The molecule has 0 aliphatic rings. The Morgan fingerprint density at radius 2 is 1.76 bits per heavy atom. The van der Waals surface area contributed by atoms with Gasteiger partial charge in [-0.05, 0) is 32.9 Å². The summed E-state index contributed by atoms with van der Waals surface area (Å²) in [5, 5.41) is 3.82. The van der Waals surface area contributed by atoms with Crippen LogP contribution in [0.4, 0.5) is 0 Å². The van der Waals surface area contributed by atoms with Gasteiger partial charge in [-0.15, -0.1) is 0 Å². The van der Waals surface area contributed by atoms with Gasteiger partial charge < -0.3 is 4.52 Å². The van der Waals surface area contributed by atoms with Crippen LogP contribution >= 0.6 is 11.5 Å². The fraction of sp³-hybridized carbons (Fsp3) is 0.214. The van der Waals surface area contributed by atoms with Crippen molar-refractivity contribution in [2.45, 2.75) is 20.8 Å². The van der Waals surface area contributed by atoms with E-state index in [0.717, 1.165) is 21.7 Å². The van der Waals surface area contributed by atoms with Crippen LogP contribution in [0.15, 0.2) is 38.4 Å². The molecule has 0 saturated carbocycles. The fourth-order valence-electron chi connectivity index (χ4n) is 2.15. The molecule has 0 spiro atoms. The van der Waals surface area contributed by atoms with E-state index >= 15 is 0 Å². The molecule has 0 N–H and O–H groups in total. The van der Waals surface area contributed by atoms with E-state index in [1.165, 1.54) is 3.96 Å². The number of aromatic nitrogens is 3. The van der Waals surface area contributed by atoms with Crippen molar-refractivity contribution in [3.05, 3.63) is 61.4 Å². The molecule has 2 aromatic heterocycles. The summed E-state index contributed by atoms with van der Waals surface area (Å²) in [7, 11) is 0. The van der Waals surface area contributed by atoms with E-state index in [-0.39, 0.29) is 4.87 Å². The molecule has 0 bridgehead atoms. The van der Waals surface area contributed by atoms with Gasteiger partial charge in [-0.1, -0.05) is 22.9 Å². The van der Waals surface area contributed by atoms with Gasteiger partial charge in [0.1, 0.15) is 11.4 Å². The zero-order valence-corrected chi connectivity index (χ0v) is 12.6. The zero-order chi connectivity index (χ0) is 15.1. The molecule has 1 aromatic carbocycles. The highest BCUT2D eigenvalue weighted by molar-refractivity contribution is 7.03. The lowest BCUT2D eigenvalue weighted by molar-refractivity contribution is 0.393. The molecule has 0 radical (unpaired) electrons. The normalized spacial score (nSPS) is 11.0. The zero-order valence-electron chi connectivity index (χ0n) is 11.8. The molecule has 3 rings (SSSR count). The fourth-order valence-corrected chi connectivity index (χ4v) is 3.08. The van der Waals surface area contributed by atoms with E-state index in [0.29, 0.717) is 22.8 Å². The highest BCUT2D eigenvalue weighted by Gasteiger charge is 2.19. The standard InChI is InChI=1S/C14H13N3O3S/c1-8-4-6-11(7-5-8)16-13(18)17(21-14(16)19)12-9(2)15-20-10(12)3/h4-7H,1-3H3. The maximum atomic E-state index is 12.5. The summed E-state index contributed by atoms with van der Waals surface area (Å²) in [5.74, 6) is 0.506. The molecule has 3 aromatic rings. The van der Waals surface area contributed by atoms with Crippen LogP contribution in [0, 0.1) is 20.8 Å². The Morgan fingerprint density at radius 1 is 1.10 bits per heavy atom. The Hall–Kier alpha value is -2.41. The van der Waals surface area contributed by atoms with Crippen LogP contribution in [-0.4, -0.2) is 13.7 Å². The van der Waals surface area contributed by atoms with Crippen LogP contribution < -0.4 is 10.6 Å². The summed E-state index contributed by atoms with van der Waals surface area (Å²) in [6.45, 7) is 5.39. The van der Waals surface area contributed by atoms with Gasteiger partial charge >= 0.3 is 10.6 Å². The Morgan fingerprint density at radius 3 is 2.33 bits per heavy atom. The molecular weight excluding hydrogens is 290 g/mol. The smallest absolute Gasteiger partial charge is 0.350 e. The van der Waals surface area contributed by atoms with Gasteiger partial charge in [0.25, 0.3) is 0 Å². The third-order valence-corrected chi connectivity index (χ3v) is 4.07. The molecule has 108 valence electrons. The summed E-state index contributed by atoms with van der Waals surface area (Å²) in [4.78, 5) is 24.4. The summed E-state index contributed by atoms with van der Waals surface area (Å²) < 4.78 is 7.53. The van der Waals surface area contributed by atoms with Gasteiger partial charge in [0.2, 0.25) is 0 Å². The highest BCUT2D eigenvalue weighted by Crippen LogP contribution is 2.17. The summed E-state index contributed by atoms with van der Waals surface area (Å²) >= 11 is 0.838. The third kappa shape index (κ3) is 2.15. The third-order valence-electron chi connectivity index (χ3n) is 3.21. The van der Waals surface area contributed by atoms with Crippen molar-refractivity contribution in [3.63, 3.8) is 0 Å². The minimum Gasteiger partial charge on any atom is -0.359 e. The molecule has 7 heteroatoms. The molecule has 0 saturated heterocycles. The number of hydrogen-bond donors (Lipinski definition) is 0. The first-order valence-electron chi connectivity index (χ1n) is 6.34. The number of aryl methyl sites for hydroxylation is 3. The summed E-state index contributed by atoms with van der Waals surface area (Å²) in [6, 6.07) is 7.23. The minimum absolute atomic E-state index is 0.344. The molecular formula is C14H13N3O3S. The molecule has 2 heterocycles. The quantitative estimate of drug-likeness (QED) is 0.725. The predicted octanol–water partition coefficient (Wildman–Crippen LogP) is 1.96. The molecule has 6 nitrogen and oxygen atoms in total. The van der Waals surface area contributed by atoms with E-state index in [9.17, 15) is 9.59 Å². The van der Waals surface area contributed by atoms with Gasteiger partial charge in [-0.25, -0.2) is 13.3 Å². The van der Waals surface area contributed by atoms with E-state index in [1.807, 2.05) is 19.1 Å². The van der Waals surface area contributed by atoms with Crippen molar-refractivity contribution < 1.29 is 4.52 Å². The first-order valence-corrected chi connectivity index (χ1v) is 7.12. The van der Waals surface area contributed by atoms with Gasteiger partial charge in [0.05, 0.1) is 5.69 Å². The second kappa shape index (κ2) is 4.85. The molecule has 0 amide bonds. The van der Waals surface area contributed by atoms with Crippen LogP contribution in [0.3, 0.4) is 0 Å². The average Bonchev–Trinajstić information content (AvgIpc) is 2.91. The summed E-state index contributed by atoms with van der Waals surface area (Å²) in [5.41, 5.74) is 2.31. The first-order chi connectivity index (χ1) is 9.99. The maximum absolute atomic E-state index is 12.5. The lowest BCUT2D eigenvalue weighted by Crippen LogP contribution is -2.27. The highest BCUT2D eigenvalue weighted by atomic mass is 32.1. The number of nitrogens with zero attached hydrogens (tertiary/aromatic N) is 3. The van der Waals surface area contributed by atoms with Crippen molar-refractivity contribution >= 4 is 11.5 Å². The maximum Gasteiger partial charge on any atom is 0.350 e. The topological polar surface area (TPSA) is 70.0 Å². The van der Waals surface area contributed by atoms with Gasteiger partial charge in [0.15, 0.2) is 5.76 Å². The van der Waals surface area contributed by atoms with Crippen LogP contribution in [0.1, 0.15) is 17.0 Å². The van der Waals surface area contributed by atoms with Crippen LogP contribution in [0.2, 0.25) is 0 Å². The SMILES string of the molecule is Cc1ccc(-n2c(=O)sn(-c3c(C)noc3C)c2=O)cc1. The Balaban J connectivity index is 2.25. The second-order valence-corrected chi connectivity index (χ2v) is 5.67. The van der Waals surface area contributed by atoms with Crippen LogP contribution in [0.5, 0.6) is 0 Å². The average molecular weight is 303 g/mol. The molecule has 0 aliphatic carbocycles. The van der Waals surface area contributed by atoms with Crippen molar-refractivity contribution in [1.82, 2.24) is 13.7 Å². The molecule has 21 heavy (non-hydrogen) atoms. The van der Waals surface area contributed by atoms with Crippen molar-refractivity contribution in [3.8, 4) is 11.4 Å². The van der Waals surface area contributed by atoms with Gasteiger partial charge in [-0.3, -0.25) is 4.79 Å². The largest absolute Gasteiger partial charge is 0.359 e. The Bertz CT molecular complexity index is 893. The number of hydrogen-bond acceptors (Lipinski definition) is 5. The predicted molar refractivity (Wildman–Crippen MR) is 79.8 cm³/mol. The number of rotatable bonds is 2. The number of benzene rings is 1. The van der Waals surface area contributed by atoms with E-state index in [1.54, 1.807) is 26.0 Å². The lowest BCUT2D eigenvalue weighted by Gasteiger charge is -2.00. The molecule has 0 aliphatic heterocycles. The van der Waals surface area contributed by atoms with Crippen molar-refractivity contribution in [2.24, 2.45) is 0 Å². The molecule has 0 atom stereocenters. The van der Waals surface area contributed by atoms with Crippen LogP contribution in [0.25, 0.3) is 11.4 Å². The van der Waals surface area contributed by atoms with Crippen molar-refractivity contribution in [2.75, 3.05) is 0 Å². The van der Waals surface area contributed by atoms with Gasteiger partial charge in [0, 0.05) is 11.5 Å². The van der Waals surface area contributed by atoms with E-state index in [4.69, 9.17) is 4.52 Å². The summed E-state index contributed by atoms with van der Waals surface area (Å²) in [6.07, 6.45) is 0. The minimum atomic E-state index is -0.414. The van der Waals surface area contributed by atoms with Gasteiger partial charge in [-0.2, -0.15) is 0 Å². The molecule has 0 fully saturated rings. The second-order valence-electron chi connectivity index (χ2n) is 4.78. The van der Waals surface area contributed by atoms with E-state index in [2.05, 4.69) is 5.16 Å². The Kier molecular flexibility index (Phi) is 3.13. The van der Waals surface area contributed by atoms with E-state index < -0.39 is 5.69 Å². The monoisotopic (exact) mass is 303 g/mol. The van der Waals surface area contributed by atoms with Crippen LogP contribution in [-0.2, 0) is 0 Å².